The minimum Gasteiger partial charge on any atom is -0.339 e. The minimum atomic E-state index is 0.0136. The third-order valence-electron chi connectivity index (χ3n) is 3.99. The quantitative estimate of drug-likeness (QED) is 0.830. The summed E-state index contributed by atoms with van der Waals surface area (Å²) < 4.78 is 0. The lowest BCUT2D eigenvalue weighted by atomic mass is 9.86. The van der Waals surface area contributed by atoms with Crippen molar-refractivity contribution in [1.29, 1.82) is 0 Å². The number of carbonyl (C=O) groups excluding carboxylic acids is 1. The smallest absolute Gasteiger partial charge is 0.256 e. The molecule has 1 saturated heterocycles. The zero-order valence-electron chi connectivity index (χ0n) is 11.8. The summed E-state index contributed by atoms with van der Waals surface area (Å²) in [4.78, 5) is 18.5. The minimum absolute atomic E-state index is 0.0136. The van der Waals surface area contributed by atoms with E-state index in [1.54, 1.807) is 12.3 Å². The van der Waals surface area contributed by atoms with Crippen LogP contribution in [-0.4, -0.2) is 28.9 Å². The molecule has 1 amide bonds. The van der Waals surface area contributed by atoms with Crippen molar-refractivity contribution in [2.75, 3.05) is 13.1 Å². The van der Waals surface area contributed by atoms with Gasteiger partial charge >= 0.3 is 0 Å². The Kier molecular flexibility index (Phi) is 4.46. The lowest BCUT2D eigenvalue weighted by Gasteiger charge is -2.34. The molecule has 2 heterocycles. The normalized spacial score (nSPS) is 17.0. The van der Waals surface area contributed by atoms with Crippen LogP contribution in [0.15, 0.2) is 12.3 Å². The van der Waals surface area contributed by atoms with Gasteiger partial charge < -0.3 is 4.90 Å². The highest BCUT2D eigenvalue weighted by atomic mass is 35.5. The Bertz CT molecular complexity index is 465. The Labute approximate surface area is 120 Å². The number of carbonyl (C=O) groups is 1. The van der Waals surface area contributed by atoms with E-state index in [1.807, 2.05) is 11.8 Å². The fraction of sp³-hybridized carbons (Fsp3) is 0.600. The van der Waals surface area contributed by atoms with Crippen molar-refractivity contribution >= 4 is 17.5 Å². The standard InChI is InChI=1S/C15H21ClN2O/c1-10(2)12-4-6-18(7-5-12)15(19)13-9-17-11(3)8-14(13)16/h8-10,12H,4-7H2,1-3H3. The van der Waals surface area contributed by atoms with Gasteiger partial charge in [0.15, 0.2) is 0 Å². The van der Waals surface area contributed by atoms with Gasteiger partial charge in [-0.1, -0.05) is 25.4 Å². The zero-order chi connectivity index (χ0) is 14.0. The molecule has 0 radical (unpaired) electrons. The van der Waals surface area contributed by atoms with E-state index in [9.17, 15) is 4.79 Å². The Hall–Kier alpha value is -1.09. The predicted molar refractivity (Wildman–Crippen MR) is 77.4 cm³/mol. The number of aryl methyl sites for hydroxylation is 1. The fourth-order valence-electron chi connectivity index (χ4n) is 2.62. The molecule has 0 aliphatic carbocycles. The molecule has 3 nitrogen and oxygen atoms in total. The van der Waals surface area contributed by atoms with Gasteiger partial charge in [0.25, 0.3) is 5.91 Å². The molecule has 1 aromatic rings. The van der Waals surface area contributed by atoms with E-state index in [4.69, 9.17) is 11.6 Å². The summed E-state index contributed by atoms with van der Waals surface area (Å²) in [6.07, 6.45) is 3.76. The lowest BCUT2D eigenvalue weighted by molar-refractivity contribution is 0.0667. The number of likely N-dealkylation sites (tertiary alicyclic amines) is 1. The summed E-state index contributed by atoms with van der Waals surface area (Å²) in [5.41, 5.74) is 1.36. The van der Waals surface area contributed by atoms with E-state index in [1.165, 1.54) is 0 Å². The summed E-state index contributed by atoms with van der Waals surface area (Å²) in [6.45, 7) is 8.03. The van der Waals surface area contributed by atoms with Gasteiger partial charge in [-0.15, -0.1) is 0 Å². The van der Waals surface area contributed by atoms with Gasteiger partial charge in [-0.3, -0.25) is 9.78 Å². The monoisotopic (exact) mass is 280 g/mol. The molecule has 0 bridgehead atoms. The van der Waals surface area contributed by atoms with Crippen LogP contribution in [-0.2, 0) is 0 Å². The SMILES string of the molecule is Cc1cc(Cl)c(C(=O)N2CCC(C(C)C)CC2)cn1. The number of halogens is 1. The molecule has 104 valence electrons. The highest BCUT2D eigenvalue weighted by Gasteiger charge is 2.26. The molecule has 0 N–H and O–H groups in total. The second-order valence-corrected chi connectivity index (χ2v) is 6.09. The second kappa shape index (κ2) is 5.91. The maximum atomic E-state index is 12.4. The summed E-state index contributed by atoms with van der Waals surface area (Å²) in [6, 6.07) is 1.75. The Balaban J connectivity index is 2.05. The van der Waals surface area contributed by atoms with E-state index >= 15 is 0 Å². The van der Waals surface area contributed by atoms with E-state index in [0.717, 1.165) is 37.5 Å². The van der Waals surface area contributed by atoms with Crippen LogP contribution in [0.1, 0.15) is 42.7 Å². The number of rotatable bonds is 2. The lowest BCUT2D eigenvalue weighted by Crippen LogP contribution is -2.39. The topological polar surface area (TPSA) is 33.2 Å². The van der Waals surface area contributed by atoms with Crippen LogP contribution >= 0.6 is 11.6 Å². The summed E-state index contributed by atoms with van der Waals surface area (Å²) in [5.74, 6) is 1.44. The average molecular weight is 281 g/mol. The van der Waals surface area contributed by atoms with Gasteiger partial charge in [-0.25, -0.2) is 0 Å². The van der Waals surface area contributed by atoms with Crippen molar-refractivity contribution in [2.45, 2.75) is 33.6 Å². The Morgan fingerprint density at radius 2 is 2.05 bits per heavy atom. The maximum Gasteiger partial charge on any atom is 0.256 e. The Morgan fingerprint density at radius 3 is 2.58 bits per heavy atom. The third-order valence-corrected chi connectivity index (χ3v) is 4.30. The molecule has 0 atom stereocenters. The first kappa shape index (κ1) is 14.3. The van der Waals surface area contributed by atoms with E-state index in [0.29, 0.717) is 16.5 Å². The Morgan fingerprint density at radius 1 is 1.42 bits per heavy atom. The third kappa shape index (κ3) is 3.27. The molecular weight excluding hydrogens is 260 g/mol. The molecule has 1 fully saturated rings. The summed E-state index contributed by atoms with van der Waals surface area (Å²) in [7, 11) is 0. The molecule has 19 heavy (non-hydrogen) atoms. The highest BCUT2D eigenvalue weighted by Crippen LogP contribution is 2.26. The van der Waals surface area contributed by atoms with Crippen LogP contribution in [0.5, 0.6) is 0 Å². The summed E-state index contributed by atoms with van der Waals surface area (Å²) in [5, 5.41) is 0.503. The molecule has 2 rings (SSSR count). The molecule has 0 saturated carbocycles. The van der Waals surface area contributed by atoms with E-state index < -0.39 is 0 Å². The first-order valence-electron chi connectivity index (χ1n) is 6.90. The molecule has 1 aliphatic rings. The predicted octanol–water partition coefficient (Wildman–Crippen LogP) is 3.55. The molecule has 4 heteroatoms. The van der Waals surface area contributed by atoms with Crippen LogP contribution in [0.25, 0.3) is 0 Å². The molecule has 0 unspecified atom stereocenters. The number of aromatic nitrogens is 1. The van der Waals surface area contributed by atoms with Crippen molar-refractivity contribution in [1.82, 2.24) is 9.88 Å². The number of nitrogens with zero attached hydrogens (tertiary/aromatic N) is 2. The fourth-order valence-corrected chi connectivity index (χ4v) is 2.91. The van der Waals surface area contributed by atoms with Crippen molar-refractivity contribution < 1.29 is 4.79 Å². The van der Waals surface area contributed by atoms with Crippen molar-refractivity contribution in [3.8, 4) is 0 Å². The van der Waals surface area contributed by atoms with Gasteiger partial charge in [0.05, 0.1) is 10.6 Å². The second-order valence-electron chi connectivity index (χ2n) is 5.68. The van der Waals surface area contributed by atoms with Gasteiger partial charge in [0.1, 0.15) is 0 Å². The van der Waals surface area contributed by atoms with Crippen molar-refractivity contribution in [2.24, 2.45) is 11.8 Å². The van der Waals surface area contributed by atoms with E-state index in [-0.39, 0.29) is 5.91 Å². The van der Waals surface area contributed by atoms with Crippen LogP contribution < -0.4 is 0 Å². The van der Waals surface area contributed by atoms with Gasteiger partial charge in [-0.05, 0) is 37.7 Å². The maximum absolute atomic E-state index is 12.4. The van der Waals surface area contributed by atoms with Crippen LogP contribution in [0.4, 0.5) is 0 Å². The number of hydrogen-bond acceptors (Lipinski definition) is 2. The van der Waals surface area contributed by atoms with E-state index in [2.05, 4.69) is 18.8 Å². The van der Waals surface area contributed by atoms with Crippen LogP contribution in [0.3, 0.4) is 0 Å². The number of pyridine rings is 1. The molecule has 1 aliphatic heterocycles. The molecule has 1 aromatic heterocycles. The molecular formula is C15H21ClN2O. The molecule has 0 aromatic carbocycles. The first-order chi connectivity index (χ1) is 8.99. The number of piperidine rings is 1. The van der Waals surface area contributed by atoms with Crippen LogP contribution in [0, 0.1) is 18.8 Å². The number of amides is 1. The van der Waals surface area contributed by atoms with Gasteiger partial charge in [0, 0.05) is 25.0 Å². The first-order valence-corrected chi connectivity index (χ1v) is 7.28. The van der Waals surface area contributed by atoms with Crippen molar-refractivity contribution in [3.63, 3.8) is 0 Å². The van der Waals surface area contributed by atoms with Gasteiger partial charge in [0.2, 0.25) is 0 Å². The average Bonchev–Trinajstić information content (AvgIpc) is 2.38. The van der Waals surface area contributed by atoms with Crippen LogP contribution in [0.2, 0.25) is 5.02 Å². The van der Waals surface area contributed by atoms with Gasteiger partial charge in [-0.2, -0.15) is 0 Å². The van der Waals surface area contributed by atoms with Crippen molar-refractivity contribution in [3.05, 3.63) is 28.5 Å². The molecule has 0 spiro atoms. The highest BCUT2D eigenvalue weighted by molar-refractivity contribution is 6.33. The summed E-state index contributed by atoms with van der Waals surface area (Å²) >= 11 is 6.14. The number of hydrogen-bond donors (Lipinski definition) is 0. The largest absolute Gasteiger partial charge is 0.339 e. The zero-order valence-corrected chi connectivity index (χ0v) is 12.6.